The molecule has 4 rings (SSSR count). The lowest BCUT2D eigenvalue weighted by atomic mass is 10.2. The minimum Gasteiger partial charge on any atom is -0.462 e. The average Bonchev–Trinajstić information content (AvgIpc) is 3.28. The number of esters is 1. The van der Waals surface area contributed by atoms with E-state index in [9.17, 15) is 9.59 Å². The fourth-order valence-corrected chi connectivity index (χ4v) is 4.30. The highest BCUT2D eigenvalue weighted by Gasteiger charge is 2.18. The lowest BCUT2D eigenvalue weighted by molar-refractivity contribution is -0.113. The van der Waals surface area contributed by atoms with Crippen molar-refractivity contribution in [2.24, 2.45) is 0 Å². The minimum atomic E-state index is -0.405. The fourth-order valence-electron chi connectivity index (χ4n) is 3.23. The van der Waals surface area contributed by atoms with Crippen LogP contribution in [0.5, 0.6) is 0 Å². The molecule has 35 heavy (non-hydrogen) atoms. The second-order valence-electron chi connectivity index (χ2n) is 7.26. The summed E-state index contributed by atoms with van der Waals surface area (Å²) < 4.78 is 6.83. The number of hydrogen-bond acceptors (Lipinski definition) is 6. The zero-order valence-corrected chi connectivity index (χ0v) is 20.9. The van der Waals surface area contributed by atoms with E-state index in [4.69, 9.17) is 27.9 Å². The molecule has 3 aromatic carbocycles. The molecule has 1 N–H and O–H groups in total. The largest absolute Gasteiger partial charge is 0.462 e. The van der Waals surface area contributed by atoms with Crippen LogP contribution in [0.2, 0.25) is 10.0 Å². The molecular formula is C25H20Cl2N4O3S. The predicted molar refractivity (Wildman–Crippen MR) is 139 cm³/mol. The van der Waals surface area contributed by atoms with Crippen LogP contribution in [0.15, 0.2) is 78.0 Å². The first-order valence-electron chi connectivity index (χ1n) is 10.6. The Bertz CT molecular complexity index is 1340. The molecule has 0 atom stereocenters. The molecule has 0 aliphatic heterocycles. The lowest BCUT2D eigenvalue weighted by Crippen LogP contribution is -2.15. The van der Waals surface area contributed by atoms with Crippen LogP contribution in [0, 0.1) is 0 Å². The summed E-state index contributed by atoms with van der Waals surface area (Å²) in [5, 5.41) is 13.2. The van der Waals surface area contributed by atoms with Crippen molar-refractivity contribution in [2.75, 3.05) is 17.7 Å². The van der Waals surface area contributed by atoms with Gasteiger partial charge in [-0.2, -0.15) is 0 Å². The molecule has 0 spiro atoms. The van der Waals surface area contributed by atoms with E-state index < -0.39 is 5.97 Å². The predicted octanol–water partition coefficient (Wildman–Crippen LogP) is 6.15. The van der Waals surface area contributed by atoms with Crippen LogP contribution in [0.3, 0.4) is 0 Å². The highest BCUT2D eigenvalue weighted by Crippen LogP contribution is 2.30. The summed E-state index contributed by atoms with van der Waals surface area (Å²) in [6, 6.07) is 21.1. The molecule has 1 amide bonds. The Morgan fingerprint density at radius 2 is 1.71 bits per heavy atom. The number of carbonyl (C=O) groups is 2. The lowest BCUT2D eigenvalue weighted by Gasteiger charge is -2.11. The quantitative estimate of drug-likeness (QED) is 0.219. The standard InChI is InChI=1S/C25H20Cl2N4O3S/c1-2-34-24(33)16-6-10-20(11-7-16)28-22(32)15-35-25-30-29-23(17-4-3-5-19(27)14-17)31(25)21-12-8-18(26)9-13-21/h3-14H,2,15H2,1H3,(H,28,32). The zero-order chi connectivity index (χ0) is 24.8. The Morgan fingerprint density at radius 1 is 0.971 bits per heavy atom. The van der Waals surface area contributed by atoms with Gasteiger partial charge in [0.2, 0.25) is 5.91 Å². The van der Waals surface area contributed by atoms with E-state index in [2.05, 4.69) is 15.5 Å². The van der Waals surface area contributed by atoms with Crippen LogP contribution in [0.25, 0.3) is 17.1 Å². The van der Waals surface area contributed by atoms with Gasteiger partial charge >= 0.3 is 5.97 Å². The summed E-state index contributed by atoms with van der Waals surface area (Å²) in [6.45, 7) is 2.05. The van der Waals surface area contributed by atoms with Gasteiger partial charge in [-0.25, -0.2) is 4.79 Å². The van der Waals surface area contributed by atoms with Gasteiger partial charge < -0.3 is 10.1 Å². The molecule has 0 unspecified atom stereocenters. The topological polar surface area (TPSA) is 86.1 Å². The van der Waals surface area contributed by atoms with Crippen LogP contribution in [0.1, 0.15) is 17.3 Å². The van der Waals surface area contributed by atoms with Crippen LogP contribution >= 0.6 is 35.0 Å². The van der Waals surface area contributed by atoms with Crippen molar-refractivity contribution >= 4 is 52.5 Å². The third-order valence-electron chi connectivity index (χ3n) is 4.81. The molecule has 178 valence electrons. The molecule has 7 nitrogen and oxygen atoms in total. The van der Waals surface area contributed by atoms with E-state index in [0.29, 0.717) is 38.9 Å². The van der Waals surface area contributed by atoms with Gasteiger partial charge in [-0.05, 0) is 67.6 Å². The first kappa shape index (κ1) is 24.8. The molecule has 0 saturated carbocycles. The van der Waals surface area contributed by atoms with E-state index in [1.54, 1.807) is 55.5 Å². The van der Waals surface area contributed by atoms with Gasteiger partial charge in [-0.15, -0.1) is 10.2 Å². The van der Waals surface area contributed by atoms with E-state index in [-0.39, 0.29) is 11.7 Å². The number of halogens is 2. The molecule has 10 heteroatoms. The van der Waals surface area contributed by atoms with Gasteiger partial charge in [-0.1, -0.05) is 47.1 Å². The number of anilines is 1. The van der Waals surface area contributed by atoms with E-state index in [1.165, 1.54) is 11.8 Å². The monoisotopic (exact) mass is 526 g/mol. The van der Waals surface area contributed by atoms with Crippen molar-refractivity contribution in [2.45, 2.75) is 12.1 Å². The number of carbonyl (C=O) groups excluding carboxylic acids is 2. The Morgan fingerprint density at radius 3 is 2.40 bits per heavy atom. The Kier molecular flexibility index (Phi) is 8.07. The molecule has 0 fully saturated rings. The van der Waals surface area contributed by atoms with Crippen molar-refractivity contribution in [1.29, 1.82) is 0 Å². The van der Waals surface area contributed by atoms with Crippen LogP contribution in [-0.4, -0.2) is 39.0 Å². The molecule has 0 aliphatic rings. The number of benzene rings is 3. The molecule has 0 radical (unpaired) electrons. The number of amides is 1. The van der Waals surface area contributed by atoms with E-state index in [0.717, 1.165) is 11.3 Å². The number of nitrogens with zero attached hydrogens (tertiary/aromatic N) is 3. The van der Waals surface area contributed by atoms with Crippen molar-refractivity contribution < 1.29 is 14.3 Å². The van der Waals surface area contributed by atoms with Crippen molar-refractivity contribution in [3.05, 3.63) is 88.4 Å². The maximum absolute atomic E-state index is 12.6. The molecule has 0 bridgehead atoms. The van der Waals surface area contributed by atoms with Gasteiger partial charge in [0.15, 0.2) is 11.0 Å². The summed E-state index contributed by atoms with van der Waals surface area (Å²) in [6.07, 6.45) is 0. The smallest absolute Gasteiger partial charge is 0.338 e. The maximum atomic E-state index is 12.6. The summed E-state index contributed by atoms with van der Waals surface area (Å²) >= 11 is 13.5. The van der Waals surface area contributed by atoms with Crippen LogP contribution in [-0.2, 0) is 9.53 Å². The molecule has 0 aliphatic carbocycles. The molecule has 0 saturated heterocycles. The maximum Gasteiger partial charge on any atom is 0.338 e. The van der Waals surface area contributed by atoms with Gasteiger partial charge in [0.25, 0.3) is 0 Å². The highest BCUT2D eigenvalue weighted by atomic mass is 35.5. The number of thioether (sulfide) groups is 1. The SMILES string of the molecule is CCOC(=O)c1ccc(NC(=O)CSc2nnc(-c3cccc(Cl)c3)n2-c2ccc(Cl)cc2)cc1. The van der Waals surface area contributed by atoms with Crippen LogP contribution in [0.4, 0.5) is 5.69 Å². The summed E-state index contributed by atoms with van der Waals surface area (Å²) in [7, 11) is 0. The van der Waals surface area contributed by atoms with Gasteiger partial charge in [-0.3, -0.25) is 9.36 Å². The number of hydrogen-bond donors (Lipinski definition) is 1. The Labute approximate surface area is 216 Å². The highest BCUT2D eigenvalue weighted by molar-refractivity contribution is 7.99. The fraction of sp³-hybridized carbons (Fsp3) is 0.120. The zero-order valence-electron chi connectivity index (χ0n) is 18.6. The molecular weight excluding hydrogens is 507 g/mol. The summed E-state index contributed by atoms with van der Waals surface area (Å²) in [4.78, 5) is 24.4. The molecule has 4 aromatic rings. The second kappa shape index (κ2) is 11.4. The van der Waals surface area contributed by atoms with E-state index in [1.807, 2.05) is 28.8 Å². The summed E-state index contributed by atoms with van der Waals surface area (Å²) in [5.74, 6) is 0.0556. The van der Waals surface area contributed by atoms with Gasteiger partial charge in [0.05, 0.1) is 17.9 Å². The number of nitrogens with one attached hydrogen (secondary N) is 1. The van der Waals surface area contributed by atoms with Gasteiger partial charge in [0, 0.05) is 27.0 Å². The van der Waals surface area contributed by atoms with E-state index >= 15 is 0 Å². The second-order valence-corrected chi connectivity index (χ2v) is 9.08. The molecule has 1 heterocycles. The normalized spacial score (nSPS) is 10.7. The number of ether oxygens (including phenoxy) is 1. The number of rotatable bonds is 8. The van der Waals surface area contributed by atoms with Crippen LogP contribution < -0.4 is 5.32 Å². The summed E-state index contributed by atoms with van der Waals surface area (Å²) in [5.41, 5.74) is 2.58. The third kappa shape index (κ3) is 6.22. The minimum absolute atomic E-state index is 0.0981. The third-order valence-corrected chi connectivity index (χ3v) is 6.23. The first-order valence-corrected chi connectivity index (χ1v) is 12.4. The van der Waals surface area contributed by atoms with Crippen molar-refractivity contribution in [3.8, 4) is 17.1 Å². The van der Waals surface area contributed by atoms with Gasteiger partial charge in [0.1, 0.15) is 0 Å². The number of aromatic nitrogens is 3. The average molecular weight is 527 g/mol. The van der Waals surface area contributed by atoms with Crippen molar-refractivity contribution in [3.63, 3.8) is 0 Å². The Hall–Kier alpha value is -3.33. The molecule has 1 aromatic heterocycles. The first-order chi connectivity index (χ1) is 16.9. The van der Waals surface area contributed by atoms with Crippen molar-refractivity contribution in [1.82, 2.24) is 14.8 Å². The Balaban J connectivity index is 1.51.